The Morgan fingerprint density at radius 3 is 2.43 bits per heavy atom. The van der Waals surface area contributed by atoms with Crippen molar-refractivity contribution in [3.63, 3.8) is 0 Å². The van der Waals surface area contributed by atoms with Crippen molar-refractivity contribution in [3.8, 4) is 11.3 Å². The molecule has 2 aromatic carbocycles. The molecule has 24 heteroatoms. The van der Waals surface area contributed by atoms with Gasteiger partial charge in [-0.3, -0.25) is 19.2 Å². The number of benzene rings is 2. The van der Waals surface area contributed by atoms with Crippen molar-refractivity contribution < 1.29 is 33.1 Å². The molecule has 4 amide bonds. The van der Waals surface area contributed by atoms with E-state index < -0.39 is 5.91 Å². The maximum absolute atomic E-state index is 13.9. The Kier molecular flexibility index (Phi) is 17.2. The molecule has 7 aromatic rings. The molecular formula is C51H65N17O7. The van der Waals surface area contributed by atoms with E-state index in [4.69, 9.17) is 41.3 Å². The number of nitrogen functional groups attached to an aromatic ring is 3. The zero-order chi connectivity index (χ0) is 53.2. The van der Waals surface area contributed by atoms with Crippen LogP contribution in [0.15, 0.2) is 59.6 Å². The molecule has 0 saturated carbocycles. The molecule has 0 bridgehead atoms. The normalized spacial score (nSPS) is 13.9. The maximum atomic E-state index is 13.9. The first-order valence-corrected chi connectivity index (χ1v) is 25.0. The number of likely N-dealkylation sites (N-methyl/N-ethyl adjacent to an activating group) is 2. The summed E-state index contributed by atoms with van der Waals surface area (Å²) in [4.78, 5) is 79.0. The Hall–Kier alpha value is -8.09. The lowest BCUT2D eigenvalue weighted by molar-refractivity contribution is -0.128. The van der Waals surface area contributed by atoms with Crippen molar-refractivity contribution >= 4 is 80.1 Å². The molecule has 75 heavy (non-hydrogen) atoms. The predicted molar refractivity (Wildman–Crippen MR) is 283 cm³/mol. The summed E-state index contributed by atoms with van der Waals surface area (Å²) in [5.74, 6) is -0.224. The van der Waals surface area contributed by atoms with Gasteiger partial charge in [-0.05, 0) is 87.5 Å². The number of fused-ring (bicyclic) bond motifs is 3. The van der Waals surface area contributed by atoms with Gasteiger partial charge in [0.25, 0.3) is 11.9 Å². The number of nitrogens with zero attached hydrogens (tertiary/aromatic N) is 12. The Morgan fingerprint density at radius 1 is 0.880 bits per heavy atom. The van der Waals surface area contributed by atoms with Crippen LogP contribution in [-0.4, -0.2) is 163 Å². The second kappa shape index (κ2) is 24.3. The number of nitrogens with one attached hydrogen (secondary N) is 2. The highest BCUT2D eigenvalue weighted by atomic mass is 16.5. The zero-order valence-electron chi connectivity index (χ0n) is 43.0. The van der Waals surface area contributed by atoms with Crippen molar-refractivity contribution in [1.29, 1.82) is 0 Å². The van der Waals surface area contributed by atoms with Gasteiger partial charge in [-0.15, -0.1) is 0 Å². The van der Waals surface area contributed by atoms with E-state index in [0.717, 1.165) is 35.1 Å². The molecule has 1 atom stereocenters. The van der Waals surface area contributed by atoms with Crippen molar-refractivity contribution in [1.82, 2.24) is 64.5 Å². The van der Waals surface area contributed by atoms with Crippen LogP contribution < -0.4 is 27.8 Å². The zero-order valence-corrected chi connectivity index (χ0v) is 43.0. The van der Waals surface area contributed by atoms with E-state index in [1.165, 1.54) is 12.7 Å². The third-order valence-corrected chi connectivity index (χ3v) is 13.3. The number of ether oxygens (including phenoxy) is 2. The van der Waals surface area contributed by atoms with Gasteiger partial charge < -0.3 is 56.4 Å². The van der Waals surface area contributed by atoms with Gasteiger partial charge in [0, 0.05) is 77.1 Å². The van der Waals surface area contributed by atoms with Gasteiger partial charge in [0.05, 0.1) is 49.7 Å². The van der Waals surface area contributed by atoms with Crippen molar-refractivity contribution in [2.24, 2.45) is 0 Å². The molecule has 24 nitrogen and oxygen atoms in total. The molecule has 1 aliphatic heterocycles. The highest BCUT2D eigenvalue weighted by Gasteiger charge is 2.30. The summed E-state index contributed by atoms with van der Waals surface area (Å²) in [7, 11) is 5.39. The minimum absolute atomic E-state index is 0.0154. The van der Waals surface area contributed by atoms with Crippen LogP contribution in [0.1, 0.15) is 65.3 Å². The number of amides is 4. The number of nitrogens with two attached hydrogens (primary N) is 3. The van der Waals surface area contributed by atoms with E-state index in [9.17, 15) is 19.2 Å². The molecule has 1 fully saturated rings. The number of aryl methyl sites for hydroxylation is 1. The van der Waals surface area contributed by atoms with Crippen LogP contribution in [0.25, 0.3) is 44.4 Å². The third-order valence-electron chi connectivity index (χ3n) is 13.3. The third kappa shape index (κ3) is 12.8. The fourth-order valence-corrected chi connectivity index (χ4v) is 8.92. The van der Waals surface area contributed by atoms with Gasteiger partial charge >= 0.3 is 0 Å². The molecule has 0 aliphatic carbocycles. The molecule has 396 valence electrons. The number of likely N-dealkylation sites (tertiary alicyclic amines) is 1. The lowest BCUT2D eigenvalue weighted by atomic mass is 9.98. The van der Waals surface area contributed by atoms with Crippen LogP contribution in [0, 0.1) is 13.8 Å². The van der Waals surface area contributed by atoms with E-state index in [1.54, 1.807) is 51.5 Å². The van der Waals surface area contributed by atoms with E-state index in [-0.39, 0.29) is 47.7 Å². The fraction of sp³-hybridized carbons (Fsp3) is 0.431. The van der Waals surface area contributed by atoms with Crippen molar-refractivity contribution in [2.45, 2.75) is 65.0 Å². The van der Waals surface area contributed by atoms with E-state index in [0.29, 0.717) is 135 Å². The number of aromatic nitrogens is 9. The van der Waals surface area contributed by atoms with E-state index >= 15 is 0 Å². The highest BCUT2D eigenvalue weighted by Crippen LogP contribution is 2.33. The van der Waals surface area contributed by atoms with Gasteiger partial charge in [0.1, 0.15) is 35.5 Å². The summed E-state index contributed by atoms with van der Waals surface area (Å²) < 4.78 is 20.3. The number of carbonyl (C=O) groups is 4. The lowest BCUT2D eigenvalue weighted by Gasteiger charge is -2.32. The number of hydrogen-bond donors (Lipinski definition) is 5. The summed E-state index contributed by atoms with van der Waals surface area (Å²) in [5, 5.41) is 16.4. The number of carbonyl (C=O) groups excluding carboxylic acids is 4. The minimum atomic E-state index is -0.472. The summed E-state index contributed by atoms with van der Waals surface area (Å²) in [6.45, 7) is 8.52. The molecule has 1 saturated heterocycles. The highest BCUT2D eigenvalue weighted by molar-refractivity contribution is 6.13. The van der Waals surface area contributed by atoms with Crippen molar-refractivity contribution in [3.05, 3.63) is 77.5 Å². The SMILES string of the molecule is Cc1c(CC(=O)N(C)C)ccc(NC(=O)c2nn([C@@H]3CCCN(C(=O)/C=C/CN(C)CCOCCOCCNC(=O)CCCCn4nc(-c5ccc6oc(N)nc6c5)c5c(N)ncnc54)C3)c3ncnc(N)c23)c1C. The largest absolute Gasteiger partial charge is 0.424 e. The van der Waals surface area contributed by atoms with Crippen LogP contribution in [0.5, 0.6) is 0 Å². The number of unbranched alkanes of at least 4 members (excludes halogenated alkanes) is 1. The summed E-state index contributed by atoms with van der Waals surface area (Å²) in [5.41, 5.74) is 25.2. The maximum Gasteiger partial charge on any atom is 0.292 e. The smallest absolute Gasteiger partial charge is 0.292 e. The molecule has 8 N–H and O–H groups in total. The first-order chi connectivity index (χ1) is 36.2. The topological polar surface area (TPSA) is 312 Å². The molecule has 6 heterocycles. The monoisotopic (exact) mass is 1030 g/mol. The summed E-state index contributed by atoms with van der Waals surface area (Å²) >= 11 is 0. The quantitative estimate of drug-likeness (QED) is 0.0451. The second-order valence-electron chi connectivity index (χ2n) is 18.7. The van der Waals surface area contributed by atoms with Crippen molar-refractivity contribution in [2.75, 3.05) is 103 Å². The first-order valence-electron chi connectivity index (χ1n) is 25.0. The summed E-state index contributed by atoms with van der Waals surface area (Å²) in [6.07, 6.45) is 9.57. The summed E-state index contributed by atoms with van der Waals surface area (Å²) in [6, 6.07) is 8.94. The van der Waals surface area contributed by atoms with Gasteiger partial charge in [-0.1, -0.05) is 12.1 Å². The Bertz CT molecular complexity index is 3220. The molecule has 5 aromatic heterocycles. The van der Waals surface area contributed by atoms with Crippen LogP contribution >= 0.6 is 0 Å². The average Bonchev–Trinajstić information content (AvgIpc) is 4.11. The number of piperidine rings is 1. The van der Waals surface area contributed by atoms with Gasteiger partial charge in [-0.2, -0.15) is 15.2 Å². The second-order valence-corrected chi connectivity index (χ2v) is 18.7. The van der Waals surface area contributed by atoms with Gasteiger partial charge in [-0.25, -0.2) is 29.3 Å². The molecule has 0 spiro atoms. The Labute approximate surface area is 433 Å². The molecule has 0 unspecified atom stereocenters. The fourth-order valence-electron chi connectivity index (χ4n) is 8.92. The van der Waals surface area contributed by atoms with Crippen LogP contribution in [0.3, 0.4) is 0 Å². The number of rotatable bonds is 23. The van der Waals surface area contributed by atoms with E-state index in [2.05, 4.69) is 35.6 Å². The molecule has 8 rings (SSSR count). The molecule has 0 radical (unpaired) electrons. The standard InChI is InChI=1S/C51H65N17O7/c1-31-32(2)36(15-13-33(31)27-41(71)64(3)4)60-50(72)45-43-47(53)57-30-59-49(43)68(63-45)35-10-8-19-66(28-35)40(70)12-9-18-65(5)21-23-74-25-24-73-22-17-55-39(69)11-6-7-20-67-48-42(46(52)56-29-58-48)44(62-67)34-14-16-38-37(26-34)61-51(54)75-38/h9,12-16,26,29-30,35H,6-8,10-11,17-25,27-28H2,1-5H3,(H2,54,61)(H,55,69)(H,60,72)(H2,52,56,58)(H2,53,57,59)/b12-9+/t35-/m1/s1. The number of anilines is 4. The Balaban J connectivity index is 0.705. The van der Waals surface area contributed by atoms with Crippen LogP contribution in [-0.2, 0) is 36.8 Å². The minimum Gasteiger partial charge on any atom is -0.424 e. The molecular weight excluding hydrogens is 963 g/mol. The lowest BCUT2D eigenvalue weighted by Crippen LogP contribution is -2.40. The average molecular weight is 1030 g/mol. The number of oxazole rings is 1. The van der Waals surface area contributed by atoms with Crippen LogP contribution in [0.4, 0.5) is 23.3 Å². The molecule has 1 aliphatic rings. The number of hydrogen-bond acceptors (Lipinski definition) is 18. The van der Waals surface area contributed by atoms with E-state index in [1.807, 2.05) is 50.1 Å². The van der Waals surface area contributed by atoms with Gasteiger partial charge in [0.2, 0.25) is 17.7 Å². The first kappa shape index (κ1) is 53.2. The van der Waals surface area contributed by atoms with Crippen LogP contribution in [0.2, 0.25) is 0 Å². The predicted octanol–water partition coefficient (Wildman–Crippen LogP) is 3.69. The van der Waals surface area contributed by atoms with Gasteiger partial charge in [0.15, 0.2) is 22.6 Å². The Morgan fingerprint density at radius 2 is 1.64 bits per heavy atom.